The molecule has 0 saturated heterocycles. The van der Waals surface area contributed by atoms with E-state index in [-0.39, 0.29) is 6.04 Å². The minimum atomic E-state index is -0.220. The molecule has 0 bridgehead atoms. The first-order valence-corrected chi connectivity index (χ1v) is 6.84. The van der Waals surface area contributed by atoms with E-state index >= 15 is 0 Å². The van der Waals surface area contributed by atoms with E-state index < -0.39 is 0 Å². The van der Waals surface area contributed by atoms with Crippen molar-refractivity contribution in [2.24, 2.45) is 5.73 Å². The fraction of sp³-hybridized carbons (Fsp3) is 0.200. The highest BCUT2D eigenvalue weighted by atomic mass is 35.5. The fourth-order valence-corrected chi connectivity index (χ4v) is 2.46. The van der Waals surface area contributed by atoms with Gasteiger partial charge in [0.05, 0.1) is 13.7 Å². The lowest BCUT2D eigenvalue weighted by Gasteiger charge is -2.22. The zero-order valence-electron chi connectivity index (χ0n) is 11.5. The summed E-state index contributed by atoms with van der Waals surface area (Å²) in [4.78, 5) is 5.55. The molecule has 0 amide bonds. The Bertz CT molecular complexity index is 668. The van der Waals surface area contributed by atoms with Crippen molar-refractivity contribution in [1.29, 1.82) is 0 Å². The summed E-state index contributed by atoms with van der Waals surface area (Å²) >= 11 is 5.83. The number of hydrogen-bond acceptors (Lipinski definition) is 5. The Morgan fingerprint density at radius 1 is 1.29 bits per heavy atom. The van der Waals surface area contributed by atoms with Crippen molar-refractivity contribution in [3.8, 4) is 5.75 Å². The third-order valence-corrected chi connectivity index (χ3v) is 3.46. The monoisotopic (exact) mass is 306 g/mol. The van der Waals surface area contributed by atoms with Crippen LogP contribution in [-0.2, 0) is 11.4 Å². The molecule has 0 radical (unpaired) electrons. The average Bonchev–Trinajstić information content (AvgIpc) is 3.05. The van der Waals surface area contributed by atoms with E-state index in [2.05, 4.69) is 0 Å². The van der Waals surface area contributed by atoms with Crippen LogP contribution in [0.2, 0.25) is 5.22 Å². The summed E-state index contributed by atoms with van der Waals surface area (Å²) in [7, 11) is 1.64. The van der Waals surface area contributed by atoms with Gasteiger partial charge in [-0.15, -0.1) is 5.06 Å². The van der Waals surface area contributed by atoms with Gasteiger partial charge in [0.2, 0.25) is 5.88 Å². The molecule has 2 aromatic rings. The summed E-state index contributed by atoms with van der Waals surface area (Å²) < 4.78 is 10.8. The SMILES string of the molecule is COc1ccccc1CN1OC(N)=CC1c1ccc(Cl)o1. The normalized spacial score (nSPS) is 18.4. The number of methoxy groups -OCH3 is 1. The van der Waals surface area contributed by atoms with E-state index in [1.165, 1.54) is 0 Å². The predicted octanol–water partition coefficient (Wildman–Crippen LogP) is 3.23. The number of hydrogen-bond donors (Lipinski definition) is 1. The van der Waals surface area contributed by atoms with Crippen molar-refractivity contribution >= 4 is 11.6 Å². The largest absolute Gasteiger partial charge is 0.496 e. The van der Waals surface area contributed by atoms with Crippen LogP contribution in [0.1, 0.15) is 17.4 Å². The highest BCUT2D eigenvalue weighted by Crippen LogP contribution is 2.34. The molecule has 1 aliphatic rings. The Morgan fingerprint density at radius 3 is 2.81 bits per heavy atom. The van der Waals surface area contributed by atoms with Gasteiger partial charge in [-0.3, -0.25) is 0 Å². The molecule has 110 valence electrons. The molecule has 0 aliphatic carbocycles. The highest BCUT2D eigenvalue weighted by Gasteiger charge is 2.30. The Balaban J connectivity index is 1.84. The molecule has 0 fully saturated rings. The van der Waals surface area contributed by atoms with Crippen molar-refractivity contribution in [3.63, 3.8) is 0 Å². The number of ether oxygens (including phenoxy) is 1. The Kier molecular flexibility index (Phi) is 3.77. The number of furan rings is 1. The molecule has 3 rings (SSSR count). The van der Waals surface area contributed by atoms with Gasteiger partial charge in [-0.25, -0.2) is 0 Å². The number of hydroxylamine groups is 2. The standard InChI is InChI=1S/C15H15ClN2O3/c1-19-12-5-3-2-4-10(12)9-18-11(8-15(17)21-18)13-6-7-14(16)20-13/h2-8,11H,9,17H2,1H3. The van der Waals surface area contributed by atoms with Crippen LogP contribution in [0.15, 0.2) is 52.8 Å². The van der Waals surface area contributed by atoms with Crippen molar-refractivity contribution < 1.29 is 14.0 Å². The summed E-state index contributed by atoms with van der Waals surface area (Å²) in [5, 5.41) is 2.06. The molecule has 1 aliphatic heterocycles. The molecule has 1 aromatic carbocycles. The van der Waals surface area contributed by atoms with Crippen LogP contribution >= 0.6 is 11.6 Å². The van der Waals surface area contributed by atoms with Gasteiger partial charge < -0.3 is 19.7 Å². The average molecular weight is 307 g/mol. The minimum absolute atomic E-state index is 0.220. The Morgan fingerprint density at radius 2 is 2.10 bits per heavy atom. The molecule has 1 aromatic heterocycles. The molecule has 2 heterocycles. The second-order valence-corrected chi connectivity index (χ2v) is 5.01. The van der Waals surface area contributed by atoms with Gasteiger partial charge in [-0.05, 0) is 29.8 Å². The lowest BCUT2D eigenvalue weighted by molar-refractivity contribution is -0.131. The molecule has 21 heavy (non-hydrogen) atoms. The van der Waals surface area contributed by atoms with Crippen molar-refractivity contribution in [2.75, 3.05) is 7.11 Å². The van der Waals surface area contributed by atoms with Crippen LogP contribution in [0.4, 0.5) is 0 Å². The lowest BCUT2D eigenvalue weighted by atomic mass is 10.1. The quantitative estimate of drug-likeness (QED) is 0.939. The van der Waals surface area contributed by atoms with Crippen LogP contribution in [0, 0.1) is 0 Å². The third-order valence-electron chi connectivity index (χ3n) is 3.26. The second kappa shape index (κ2) is 5.71. The molecule has 0 saturated carbocycles. The number of rotatable bonds is 4. The molecule has 1 unspecified atom stereocenters. The molecule has 1 atom stereocenters. The summed E-state index contributed by atoms with van der Waals surface area (Å²) in [5.74, 6) is 1.81. The first-order valence-electron chi connectivity index (χ1n) is 6.46. The summed E-state index contributed by atoms with van der Waals surface area (Å²) in [6.07, 6.45) is 1.78. The molecule has 6 heteroatoms. The van der Waals surface area contributed by atoms with Crippen LogP contribution in [0.5, 0.6) is 5.75 Å². The van der Waals surface area contributed by atoms with Gasteiger partial charge >= 0.3 is 0 Å². The van der Waals surface area contributed by atoms with Crippen molar-refractivity contribution in [2.45, 2.75) is 12.6 Å². The van der Waals surface area contributed by atoms with Gasteiger partial charge in [0, 0.05) is 11.6 Å². The van der Waals surface area contributed by atoms with E-state index in [0.717, 1.165) is 11.3 Å². The highest BCUT2D eigenvalue weighted by molar-refractivity contribution is 6.28. The molecule has 5 nitrogen and oxygen atoms in total. The molecule has 2 N–H and O–H groups in total. The maximum Gasteiger partial charge on any atom is 0.207 e. The van der Waals surface area contributed by atoms with Crippen molar-refractivity contribution in [3.05, 3.63) is 64.9 Å². The van der Waals surface area contributed by atoms with Crippen LogP contribution in [-0.4, -0.2) is 12.2 Å². The van der Waals surface area contributed by atoms with E-state index in [1.807, 2.05) is 24.3 Å². The molecular weight excluding hydrogens is 292 g/mol. The van der Waals surface area contributed by atoms with E-state index in [0.29, 0.717) is 23.4 Å². The first kappa shape index (κ1) is 13.9. The summed E-state index contributed by atoms with van der Waals surface area (Å²) in [5.41, 5.74) is 6.77. The van der Waals surface area contributed by atoms with Gasteiger partial charge in [0.1, 0.15) is 17.6 Å². The number of nitrogens with two attached hydrogens (primary N) is 1. The van der Waals surface area contributed by atoms with Gasteiger partial charge in [0.15, 0.2) is 5.22 Å². The topological polar surface area (TPSA) is 60.9 Å². The third kappa shape index (κ3) is 2.84. The van der Waals surface area contributed by atoms with Gasteiger partial charge in [-0.1, -0.05) is 18.2 Å². The number of para-hydroxylation sites is 1. The number of nitrogens with zero attached hydrogens (tertiary/aromatic N) is 1. The van der Waals surface area contributed by atoms with Crippen molar-refractivity contribution in [1.82, 2.24) is 5.06 Å². The maximum atomic E-state index is 5.83. The van der Waals surface area contributed by atoms with Crippen LogP contribution < -0.4 is 10.5 Å². The van der Waals surface area contributed by atoms with E-state index in [9.17, 15) is 0 Å². The maximum absolute atomic E-state index is 5.83. The molecular formula is C15H15ClN2O3. The first-order chi connectivity index (χ1) is 10.2. The fourth-order valence-electron chi connectivity index (χ4n) is 2.30. The minimum Gasteiger partial charge on any atom is -0.496 e. The molecule has 0 spiro atoms. The van der Waals surface area contributed by atoms with E-state index in [1.54, 1.807) is 30.4 Å². The zero-order valence-corrected chi connectivity index (χ0v) is 12.2. The Labute approximate surface area is 127 Å². The van der Waals surface area contributed by atoms with Crippen LogP contribution in [0.25, 0.3) is 0 Å². The zero-order chi connectivity index (χ0) is 14.8. The van der Waals surface area contributed by atoms with Crippen LogP contribution in [0.3, 0.4) is 0 Å². The second-order valence-electron chi connectivity index (χ2n) is 4.63. The predicted molar refractivity (Wildman–Crippen MR) is 78.4 cm³/mol. The summed E-state index contributed by atoms with van der Waals surface area (Å²) in [6, 6.07) is 11.0. The number of halogens is 1. The summed E-state index contributed by atoms with van der Waals surface area (Å²) in [6.45, 7) is 0.504. The van der Waals surface area contributed by atoms with Gasteiger partial charge in [-0.2, -0.15) is 0 Å². The van der Waals surface area contributed by atoms with E-state index in [4.69, 9.17) is 31.3 Å². The number of benzene rings is 1. The lowest BCUT2D eigenvalue weighted by Crippen LogP contribution is -2.23. The van der Waals surface area contributed by atoms with Gasteiger partial charge in [0.25, 0.3) is 0 Å². The smallest absolute Gasteiger partial charge is 0.207 e. The Hall–Kier alpha value is -2.11.